The molecule has 2 nitrogen and oxygen atoms in total. The summed E-state index contributed by atoms with van der Waals surface area (Å²) in [6.07, 6.45) is 7.25. The molecule has 18 heavy (non-hydrogen) atoms. The Morgan fingerprint density at radius 2 is 2.17 bits per heavy atom. The van der Waals surface area contributed by atoms with Gasteiger partial charge < -0.3 is 5.32 Å². The summed E-state index contributed by atoms with van der Waals surface area (Å²) < 4.78 is 0. The minimum absolute atomic E-state index is 0.637. The van der Waals surface area contributed by atoms with Crippen molar-refractivity contribution in [1.82, 2.24) is 4.98 Å². The molecule has 2 atom stereocenters. The van der Waals surface area contributed by atoms with Gasteiger partial charge in [-0.05, 0) is 37.3 Å². The lowest BCUT2D eigenvalue weighted by atomic mass is 10.1. The number of nitrogens with one attached hydrogen (secondary N) is 1. The van der Waals surface area contributed by atoms with E-state index < -0.39 is 0 Å². The number of aromatic nitrogens is 1. The quantitative estimate of drug-likeness (QED) is 0.868. The number of rotatable bonds is 3. The summed E-state index contributed by atoms with van der Waals surface area (Å²) in [4.78, 5) is 4.50. The normalized spacial score (nSPS) is 23.4. The van der Waals surface area contributed by atoms with Crippen molar-refractivity contribution < 1.29 is 0 Å². The zero-order chi connectivity index (χ0) is 12.4. The van der Waals surface area contributed by atoms with Gasteiger partial charge in [-0.3, -0.25) is 4.98 Å². The molecule has 1 aromatic carbocycles. The first kappa shape index (κ1) is 11.5. The van der Waals surface area contributed by atoms with E-state index in [2.05, 4.69) is 41.5 Å². The first-order chi connectivity index (χ1) is 8.85. The van der Waals surface area contributed by atoms with Crippen molar-refractivity contribution in [2.24, 2.45) is 5.92 Å². The van der Waals surface area contributed by atoms with Gasteiger partial charge in [-0.25, -0.2) is 0 Å². The van der Waals surface area contributed by atoms with Crippen molar-refractivity contribution in [1.29, 1.82) is 0 Å². The maximum Gasteiger partial charge on any atom is 0.0703 e. The van der Waals surface area contributed by atoms with Gasteiger partial charge in [0.2, 0.25) is 0 Å². The molecule has 3 rings (SSSR count). The lowest BCUT2D eigenvalue weighted by molar-refractivity contribution is 0.525. The molecular formula is C16H20N2. The van der Waals surface area contributed by atoms with Gasteiger partial charge >= 0.3 is 0 Å². The summed E-state index contributed by atoms with van der Waals surface area (Å²) in [5.41, 5.74) is 2.23. The molecule has 2 aromatic rings. The fraction of sp³-hybridized carbons (Fsp3) is 0.438. The Kier molecular flexibility index (Phi) is 3.18. The molecular weight excluding hydrogens is 220 g/mol. The number of nitrogens with zero attached hydrogens (tertiary/aromatic N) is 1. The van der Waals surface area contributed by atoms with Crippen LogP contribution >= 0.6 is 0 Å². The van der Waals surface area contributed by atoms with E-state index in [9.17, 15) is 0 Å². The number of pyridine rings is 1. The highest BCUT2D eigenvalue weighted by atomic mass is 14.9. The van der Waals surface area contributed by atoms with E-state index in [1.165, 1.54) is 31.1 Å². The zero-order valence-electron chi connectivity index (χ0n) is 10.9. The number of para-hydroxylation sites is 1. The summed E-state index contributed by atoms with van der Waals surface area (Å²) in [7, 11) is 0. The van der Waals surface area contributed by atoms with Crippen molar-refractivity contribution in [2.45, 2.75) is 38.6 Å². The molecule has 2 heteroatoms. The lowest BCUT2D eigenvalue weighted by Gasteiger charge is -2.14. The molecule has 1 aliphatic rings. The average Bonchev–Trinajstić information content (AvgIpc) is 2.86. The van der Waals surface area contributed by atoms with Crippen LogP contribution in [0.3, 0.4) is 0 Å². The molecule has 94 valence electrons. The average molecular weight is 240 g/mol. The molecule has 0 amide bonds. The number of anilines is 1. The van der Waals surface area contributed by atoms with Crippen LogP contribution in [0.1, 0.15) is 32.6 Å². The van der Waals surface area contributed by atoms with Gasteiger partial charge in [0.25, 0.3) is 0 Å². The lowest BCUT2D eigenvalue weighted by Crippen LogP contribution is -2.15. The molecule has 2 unspecified atom stereocenters. The summed E-state index contributed by atoms with van der Waals surface area (Å²) in [5, 5.41) is 4.85. The van der Waals surface area contributed by atoms with Gasteiger partial charge in [0.1, 0.15) is 0 Å². The van der Waals surface area contributed by atoms with Gasteiger partial charge in [-0.2, -0.15) is 0 Å². The van der Waals surface area contributed by atoms with E-state index in [1.54, 1.807) is 0 Å². The van der Waals surface area contributed by atoms with E-state index >= 15 is 0 Å². The van der Waals surface area contributed by atoms with Crippen molar-refractivity contribution >= 4 is 16.6 Å². The van der Waals surface area contributed by atoms with Gasteiger partial charge in [-0.15, -0.1) is 0 Å². The third-order valence-corrected chi connectivity index (χ3v) is 4.08. The maximum absolute atomic E-state index is 4.50. The molecule has 1 aliphatic carbocycles. The zero-order valence-corrected chi connectivity index (χ0v) is 10.9. The second-order valence-corrected chi connectivity index (χ2v) is 5.35. The molecule has 1 fully saturated rings. The molecule has 1 aromatic heterocycles. The van der Waals surface area contributed by atoms with E-state index in [-0.39, 0.29) is 0 Å². The second-order valence-electron chi connectivity index (χ2n) is 5.35. The van der Waals surface area contributed by atoms with Crippen LogP contribution in [0.2, 0.25) is 0 Å². The Hall–Kier alpha value is -1.57. The van der Waals surface area contributed by atoms with Crippen LogP contribution in [-0.2, 0) is 0 Å². The highest BCUT2D eigenvalue weighted by molar-refractivity contribution is 5.81. The Balaban J connectivity index is 1.75. The van der Waals surface area contributed by atoms with Crippen molar-refractivity contribution in [3.05, 3.63) is 36.5 Å². The van der Waals surface area contributed by atoms with E-state index in [1.807, 2.05) is 12.3 Å². The van der Waals surface area contributed by atoms with Crippen LogP contribution in [-0.4, -0.2) is 11.0 Å². The molecule has 1 saturated carbocycles. The fourth-order valence-electron chi connectivity index (χ4n) is 2.96. The van der Waals surface area contributed by atoms with E-state index in [0.29, 0.717) is 6.04 Å². The van der Waals surface area contributed by atoms with E-state index in [0.717, 1.165) is 17.1 Å². The number of hydrogen-bond acceptors (Lipinski definition) is 2. The first-order valence-electron chi connectivity index (χ1n) is 6.96. The molecule has 0 radical (unpaired) electrons. The first-order valence-corrected chi connectivity index (χ1v) is 6.96. The third kappa shape index (κ3) is 2.33. The largest absolute Gasteiger partial charge is 0.381 e. The molecule has 0 bridgehead atoms. The number of benzene rings is 1. The molecule has 1 N–H and O–H groups in total. The summed E-state index contributed by atoms with van der Waals surface area (Å²) in [6, 6.07) is 11.1. The predicted molar refractivity (Wildman–Crippen MR) is 76.8 cm³/mol. The highest BCUT2D eigenvalue weighted by Crippen LogP contribution is 2.30. The van der Waals surface area contributed by atoms with Crippen molar-refractivity contribution in [3.8, 4) is 0 Å². The van der Waals surface area contributed by atoms with Crippen LogP contribution in [0.4, 0.5) is 5.69 Å². The molecule has 0 saturated heterocycles. The standard InChI is InChI=1S/C16H20N2/c1-2-12-7-8-14(9-12)18-15-10-13-5-3-4-6-16(13)17-11-15/h3-6,10-12,14,18H,2,7-9H2,1H3. The number of hydrogen-bond donors (Lipinski definition) is 1. The van der Waals surface area contributed by atoms with Crippen LogP contribution in [0, 0.1) is 5.92 Å². The van der Waals surface area contributed by atoms with Crippen molar-refractivity contribution in [2.75, 3.05) is 5.32 Å². The molecule has 0 spiro atoms. The van der Waals surface area contributed by atoms with Gasteiger partial charge in [-0.1, -0.05) is 31.5 Å². The van der Waals surface area contributed by atoms with Crippen molar-refractivity contribution in [3.63, 3.8) is 0 Å². The van der Waals surface area contributed by atoms with Crippen LogP contribution in [0.5, 0.6) is 0 Å². The molecule has 1 heterocycles. The smallest absolute Gasteiger partial charge is 0.0703 e. The Morgan fingerprint density at radius 1 is 1.28 bits per heavy atom. The SMILES string of the molecule is CCC1CCC(Nc2cnc3ccccc3c2)C1. The Labute approximate surface area is 108 Å². The fourth-order valence-corrected chi connectivity index (χ4v) is 2.96. The van der Waals surface area contributed by atoms with Crippen LogP contribution in [0.15, 0.2) is 36.5 Å². The minimum atomic E-state index is 0.637. The third-order valence-electron chi connectivity index (χ3n) is 4.08. The number of fused-ring (bicyclic) bond motifs is 1. The maximum atomic E-state index is 4.50. The Morgan fingerprint density at radius 3 is 3.00 bits per heavy atom. The topological polar surface area (TPSA) is 24.9 Å². The Bertz CT molecular complexity index is 535. The summed E-state index contributed by atoms with van der Waals surface area (Å²) >= 11 is 0. The monoisotopic (exact) mass is 240 g/mol. The summed E-state index contributed by atoms with van der Waals surface area (Å²) in [6.45, 7) is 2.30. The highest BCUT2D eigenvalue weighted by Gasteiger charge is 2.22. The molecule has 0 aliphatic heterocycles. The van der Waals surface area contributed by atoms with Gasteiger partial charge in [0, 0.05) is 11.4 Å². The summed E-state index contributed by atoms with van der Waals surface area (Å²) in [5.74, 6) is 0.913. The van der Waals surface area contributed by atoms with E-state index in [4.69, 9.17) is 0 Å². The van der Waals surface area contributed by atoms with Gasteiger partial charge in [0.05, 0.1) is 17.4 Å². The van der Waals surface area contributed by atoms with Crippen LogP contribution in [0.25, 0.3) is 10.9 Å². The van der Waals surface area contributed by atoms with Crippen LogP contribution < -0.4 is 5.32 Å². The van der Waals surface area contributed by atoms with Gasteiger partial charge in [0.15, 0.2) is 0 Å². The minimum Gasteiger partial charge on any atom is -0.381 e. The second kappa shape index (κ2) is 4.97. The predicted octanol–water partition coefficient (Wildman–Crippen LogP) is 4.23.